The van der Waals surface area contributed by atoms with Crippen LogP contribution < -0.4 is 0 Å². The van der Waals surface area contributed by atoms with E-state index in [1.165, 1.54) is 12.0 Å². The van der Waals surface area contributed by atoms with Crippen molar-refractivity contribution in [2.24, 2.45) is 0 Å². The van der Waals surface area contributed by atoms with E-state index in [1.54, 1.807) is 0 Å². The van der Waals surface area contributed by atoms with Crippen molar-refractivity contribution >= 4 is 5.91 Å². The summed E-state index contributed by atoms with van der Waals surface area (Å²) in [6, 6.07) is 10.6. The van der Waals surface area contributed by atoms with Crippen molar-refractivity contribution < 1.29 is 4.79 Å². The number of aromatic nitrogens is 1. The predicted octanol–water partition coefficient (Wildman–Crippen LogP) is 2.42. The van der Waals surface area contributed by atoms with E-state index < -0.39 is 0 Å². The van der Waals surface area contributed by atoms with Crippen LogP contribution in [0.5, 0.6) is 0 Å². The number of hydrogen-bond donors (Lipinski definition) is 1. The number of carbonyl (C=O) groups is 1. The SMILES string of the molecule is Cc1c[nH]cc1C(=O)N1CC2(CCN2Cc2ccccc2)C1. The minimum Gasteiger partial charge on any atom is -0.367 e. The van der Waals surface area contributed by atoms with Crippen LogP contribution in [0.4, 0.5) is 0 Å². The number of carbonyl (C=O) groups excluding carboxylic acids is 1. The van der Waals surface area contributed by atoms with Gasteiger partial charge in [-0.1, -0.05) is 30.3 Å². The number of benzene rings is 1. The van der Waals surface area contributed by atoms with E-state index in [2.05, 4.69) is 40.2 Å². The molecule has 3 heterocycles. The fourth-order valence-corrected chi connectivity index (χ4v) is 3.65. The standard InChI is InChI=1S/C18H21N3O/c1-14-9-19-10-16(14)17(22)20-12-18(13-20)7-8-21(18)11-15-5-3-2-4-6-15/h2-6,9-10,19H,7-8,11-13H2,1H3. The number of aromatic amines is 1. The average Bonchev–Trinajstić information content (AvgIpc) is 2.89. The molecular weight excluding hydrogens is 274 g/mol. The molecule has 1 amide bonds. The van der Waals surface area contributed by atoms with E-state index in [-0.39, 0.29) is 11.4 Å². The molecule has 2 aliphatic rings. The minimum absolute atomic E-state index is 0.163. The summed E-state index contributed by atoms with van der Waals surface area (Å²) >= 11 is 0. The molecule has 0 radical (unpaired) electrons. The maximum absolute atomic E-state index is 12.5. The van der Waals surface area contributed by atoms with Crippen molar-refractivity contribution in [2.45, 2.75) is 25.4 Å². The summed E-state index contributed by atoms with van der Waals surface area (Å²) in [7, 11) is 0. The molecule has 1 N–H and O–H groups in total. The number of hydrogen-bond acceptors (Lipinski definition) is 2. The molecule has 4 nitrogen and oxygen atoms in total. The number of rotatable bonds is 3. The normalized spacial score (nSPS) is 19.8. The minimum atomic E-state index is 0.163. The van der Waals surface area contributed by atoms with Gasteiger partial charge in [0.25, 0.3) is 5.91 Å². The van der Waals surface area contributed by atoms with Crippen LogP contribution in [0.3, 0.4) is 0 Å². The molecule has 22 heavy (non-hydrogen) atoms. The van der Waals surface area contributed by atoms with E-state index in [9.17, 15) is 4.79 Å². The molecule has 0 aliphatic carbocycles. The Bertz CT molecular complexity index is 685. The lowest BCUT2D eigenvalue weighted by Gasteiger charge is -2.62. The number of H-pyrrole nitrogens is 1. The third kappa shape index (κ3) is 2.06. The molecule has 0 saturated carbocycles. The van der Waals surface area contributed by atoms with Crippen molar-refractivity contribution in [1.82, 2.24) is 14.8 Å². The van der Waals surface area contributed by atoms with E-state index >= 15 is 0 Å². The van der Waals surface area contributed by atoms with E-state index in [4.69, 9.17) is 0 Å². The first-order valence-electron chi connectivity index (χ1n) is 7.90. The molecule has 2 fully saturated rings. The number of likely N-dealkylation sites (tertiary alicyclic amines) is 2. The Morgan fingerprint density at radius 2 is 2.00 bits per heavy atom. The topological polar surface area (TPSA) is 39.3 Å². The van der Waals surface area contributed by atoms with Crippen molar-refractivity contribution in [2.75, 3.05) is 19.6 Å². The Morgan fingerprint density at radius 1 is 1.23 bits per heavy atom. The van der Waals surface area contributed by atoms with Gasteiger partial charge in [0.2, 0.25) is 0 Å². The second-order valence-electron chi connectivity index (χ2n) is 6.59. The molecule has 0 bridgehead atoms. The van der Waals surface area contributed by atoms with Gasteiger partial charge in [-0.2, -0.15) is 0 Å². The summed E-state index contributed by atoms with van der Waals surface area (Å²) in [6.45, 7) is 5.84. The fourth-order valence-electron chi connectivity index (χ4n) is 3.65. The van der Waals surface area contributed by atoms with Crippen LogP contribution >= 0.6 is 0 Å². The lowest BCUT2D eigenvalue weighted by atomic mass is 9.77. The maximum atomic E-state index is 12.5. The molecule has 1 spiro atoms. The second kappa shape index (κ2) is 4.99. The zero-order valence-electron chi connectivity index (χ0n) is 12.9. The molecule has 4 heteroatoms. The van der Waals surface area contributed by atoms with Gasteiger partial charge in [-0.15, -0.1) is 0 Å². The molecule has 4 rings (SSSR count). The van der Waals surface area contributed by atoms with Gasteiger partial charge in [-0.25, -0.2) is 0 Å². The molecule has 1 aromatic heterocycles. The van der Waals surface area contributed by atoms with Crippen LogP contribution in [-0.2, 0) is 6.54 Å². The van der Waals surface area contributed by atoms with Crippen molar-refractivity contribution in [3.63, 3.8) is 0 Å². The highest BCUT2D eigenvalue weighted by molar-refractivity contribution is 5.96. The number of nitrogens with one attached hydrogen (secondary N) is 1. The van der Waals surface area contributed by atoms with Gasteiger partial charge in [-0.3, -0.25) is 9.69 Å². The molecule has 1 aromatic carbocycles. The molecule has 114 valence electrons. The number of aryl methyl sites for hydroxylation is 1. The van der Waals surface area contributed by atoms with Crippen molar-refractivity contribution in [3.05, 3.63) is 59.4 Å². The van der Waals surface area contributed by atoms with Crippen LogP contribution in [0.15, 0.2) is 42.7 Å². The fraction of sp³-hybridized carbons (Fsp3) is 0.389. The quantitative estimate of drug-likeness (QED) is 0.944. The lowest BCUT2D eigenvalue weighted by Crippen LogP contribution is -2.77. The third-order valence-electron chi connectivity index (χ3n) is 5.17. The van der Waals surface area contributed by atoms with Gasteiger partial charge in [-0.05, 0) is 24.5 Å². The zero-order valence-corrected chi connectivity index (χ0v) is 12.9. The highest BCUT2D eigenvalue weighted by Crippen LogP contribution is 2.40. The van der Waals surface area contributed by atoms with Gasteiger partial charge < -0.3 is 9.88 Å². The van der Waals surface area contributed by atoms with Gasteiger partial charge in [0, 0.05) is 38.6 Å². The third-order valence-corrected chi connectivity index (χ3v) is 5.17. The summed E-state index contributed by atoms with van der Waals surface area (Å²) < 4.78 is 0. The van der Waals surface area contributed by atoms with E-state index in [0.717, 1.165) is 37.3 Å². The Morgan fingerprint density at radius 3 is 2.59 bits per heavy atom. The van der Waals surface area contributed by atoms with Crippen molar-refractivity contribution in [3.8, 4) is 0 Å². The van der Waals surface area contributed by atoms with E-state index in [0.29, 0.717) is 0 Å². The van der Waals surface area contributed by atoms with Gasteiger partial charge in [0.05, 0.1) is 11.1 Å². The highest BCUT2D eigenvalue weighted by atomic mass is 16.2. The predicted molar refractivity (Wildman–Crippen MR) is 85.6 cm³/mol. The zero-order chi connectivity index (χ0) is 15.2. The summed E-state index contributed by atoms with van der Waals surface area (Å²) in [5.74, 6) is 0.163. The van der Waals surface area contributed by atoms with Crippen LogP contribution in [0.2, 0.25) is 0 Å². The van der Waals surface area contributed by atoms with Crippen LogP contribution in [-0.4, -0.2) is 45.9 Å². The number of nitrogens with zero attached hydrogens (tertiary/aromatic N) is 2. The molecular formula is C18H21N3O. The maximum Gasteiger partial charge on any atom is 0.255 e. The highest BCUT2D eigenvalue weighted by Gasteiger charge is 2.54. The van der Waals surface area contributed by atoms with Gasteiger partial charge >= 0.3 is 0 Å². The smallest absolute Gasteiger partial charge is 0.255 e. The molecule has 0 atom stereocenters. The van der Waals surface area contributed by atoms with Gasteiger partial charge in [0.1, 0.15) is 0 Å². The summed E-state index contributed by atoms with van der Waals surface area (Å²) in [5, 5.41) is 0. The Kier molecular flexibility index (Phi) is 3.08. The molecule has 2 saturated heterocycles. The van der Waals surface area contributed by atoms with Crippen molar-refractivity contribution in [1.29, 1.82) is 0 Å². The van der Waals surface area contributed by atoms with E-state index in [1.807, 2.05) is 24.2 Å². The first-order chi connectivity index (χ1) is 10.7. The molecule has 0 unspecified atom stereocenters. The Balaban J connectivity index is 1.40. The van der Waals surface area contributed by atoms with Crippen LogP contribution in [0.1, 0.15) is 27.9 Å². The van der Waals surface area contributed by atoms with Crippen LogP contribution in [0.25, 0.3) is 0 Å². The van der Waals surface area contributed by atoms with Crippen LogP contribution in [0, 0.1) is 6.92 Å². The summed E-state index contributed by atoms with van der Waals surface area (Å²) in [5.41, 5.74) is 3.42. The Labute approximate surface area is 130 Å². The first-order valence-corrected chi connectivity index (χ1v) is 7.90. The lowest BCUT2D eigenvalue weighted by molar-refractivity contribution is -0.112. The first kappa shape index (κ1) is 13.6. The molecule has 2 aromatic rings. The largest absolute Gasteiger partial charge is 0.367 e. The summed E-state index contributed by atoms with van der Waals surface area (Å²) in [6.07, 6.45) is 4.90. The Hall–Kier alpha value is -2.07. The summed E-state index contributed by atoms with van der Waals surface area (Å²) in [4.78, 5) is 20.0. The monoisotopic (exact) mass is 295 g/mol. The number of amides is 1. The average molecular weight is 295 g/mol. The molecule has 2 aliphatic heterocycles. The van der Waals surface area contributed by atoms with Gasteiger partial charge in [0.15, 0.2) is 0 Å². The second-order valence-corrected chi connectivity index (χ2v) is 6.59.